The molecule has 0 saturated carbocycles. The molecule has 0 spiro atoms. The fourth-order valence-electron chi connectivity index (χ4n) is 2.38. The molecule has 0 heterocycles. The van der Waals surface area contributed by atoms with Crippen molar-refractivity contribution in [1.29, 1.82) is 0 Å². The van der Waals surface area contributed by atoms with Crippen LogP contribution in [0.2, 0.25) is 0 Å². The van der Waals surface area contributed by atoms with Crippen molar-refractivity contribution in [3.63, 3.8) is 0 Å². The summed E-state index contributed by atoms with van der Waals surface area (Å²) in [6, 6.07) is 16.7. The van der Waals surface area contributed by atoms with Crippen LogP contribution in [0.3, 0.4) is 0 Å². The lowest BCUT2D eigenvalue weighted by Crippen LogP contribution is -2.41. The van der Waals surface area contributed by atoms with Gasteiger partial charge >= 0.3 is 0 Å². The van der Waals surface area contributed by atoms with Crippen molar-refractivity contribution in [3.05, 3.63) is 64.6 Å². The normalized spacial score (nSPS) is 12.4. The van der Waals surface area contributed by atoms with E-state index < -0.39 is 10.0 Å². The molecule has 0 unspecified atom stereocenters. The number of carbonyl (C=O) groups excluding carboxylic acids is 1. The molecule has 5 nitrogen and oxygen atoms in total. The molecule has 0 radical (unpaired) electrons. The smallest absolute Gasteiger partial charge is 0.240 e. The van der Waals surface area contributed by atoms with Gasteiger partial charge in [-0.15, -0.1) is 0 Å². The number of anilines is 1. The zero-order valence-electron chi connectivity index (χ0n) is 14.1. The predicted molar refractivity (Wildman–Crippen MR) is 104 cm³/mol. The van der Waals surface area contributed by atoms with Gasteiger partial charge in [-0.3, -0.25) is 9.10 Å². The second-order valence-electron chi connectivity index (χ2n) is 5.87. The van der Waals surface area contributed by atoms with Gasteiger partial charge in [0.2, 0.25) is 15.9 Å². The fourth-order valence-corrected chi connectivity index (χ4v) is 3.62. The molecule has 0 aromatic heterocycles. The summed E-state index contributed by atoms with van der Waals surface area (Å²) < 4.78 is 26.0. The first kappa shape index (κ1) is 19.5. The van der Waals surface area contributed by atoms with E-state index in [1.807, 2.05) is 37.3 Å². The summed E-state index contributed by atoms with van der Waals surface area (Å²) in [5.41, 5.74) is 1.57. The Bertz CT molecular complexity index is 825. The maximum atomic E-state index is 12.3. The number of nitrogens with one attached hydrogen (secondary N) is 1. The second kappa shape index (κ2) is 8.49. The second-order valence-corrected chi connectivity index (χ2v) is 8.69. The van der Waals surface area contributed by atoms with Gasteiger partial charge in [0.1, 0.15) is 6.54 Å². The van der Waals surface area contributed by atoms with Crippen molar-refractivity contribution < 1.29 is 13.2 Å². The lowest BCUT2D eigenvalue weighted by Gasteiger charge is -2.22. The summed E-state index contributed by atoms with van der Waals surface area (Å²) in [6.07, 6.45) is 1.09. The lowest BCUT2D eigenvalue weighted by molar-refractivity contribution is -0.119. The van der Waals surface area contributed by atoms with E-state index >= 15 is 0 Å². The van der Waals surface area contributed by atoms with Crippen LogP contribution in [0.1, 0.15) is 18.4 Å². The molecule has 1 N–H and O–H groups in total. The van der Waals surface area contributed by atoms with Gasteiger partial charge in [-0.05, 0) is 29.7 Å². The van der Waals surface area contributed by atoms with Gasteiger partial charge in [0.15, 0.2) is 0 Å². The molecule has 2 aromatic rings. The molecule has 0 bridgehead atoms. The average Bonchev–Trinajstić information content (AvgIpc) is 2.57. The van der Waals surface area contributed by atoms with E-state index in [0.717, 1.165) is 20.6 Å². The van der Waals surface area contributed by atoms with Gasteiger partial charge in [-0.1, -0.05) is 59.3 Å². The highest BCUT2D eigenvalue weighted by Crippen LogP contribution is 2.22. The van der Waals surface area contributed by atoms with E-state index in [0.29, 0.717) is 12.2 Å². The zero-order valence-corrected chi connectivity index (χ0v) is 16.5. The quantitative estimate of drug-likeness (QED) is 0.741. The minimum absolute atomic E-state index is 0.141. The van der Waals surface area contributed by atoms with Crippen LogP contribution in [0.5, 0.6) is 0 Å². The molecule has 0 aliphatic heterocycles. The number of nitrogens with zero attached hydrogens (tertiary/aromatic N) is 1. The number of benzene rings is 2. The molecule has 7 heteroatoms. The Labute approximate surface area is 157 Å². The van der Waals surface area contributed by atoms with Crippen LogP contribution < -0.4 is 9.62 Å². The average molecular weight is 425 g/mol. The van der Waals surface area contributed by atoms with Gasteiger partial charge in [-0.2, -0.15) is 0 Å². The SMILES string of the molecule is C[C@H](CNC(=O)CN(c1cccc(Br)c1)S(C)(=O)=O)c1ccccc1. The predicted octanol–water partition coefficient (Wildman–Crippen LogP) is 3.14. The molecule has 0 aliphatic rings. The van der Waals surface area contributed by atoms with Crippen LogP contribution in [0.25, 0.3) is 0 Å². The van der Waals surface area contributed by atoms with E-state index in [1.165, 1.54) is 0 Å². The Morgan fingerprint density at radius 1 is 1.16 bits per heavy atom. The monoisotopic (exact) mass is 424 g/mol. The molecular weight excluding hydrogens is 404 g/mol. The van der Waals surface area contributed by atoms with Crippen LogP contribution in [0, 0.1) is 0 Å². The van der Waals surface area contributed by atoms with Crippen molar-refractivity contribution in [1.82, 2.24) is 5.32 Å². The molecule has 2 aromatic carbocycles. The molecular formula is C18H21BrN2O3S. The topological polar surface area (TPSA) is 66.5 Å². The van der Waals surface area contributed by atoms with Gasteiger partial charge in [0.25, 0.3) is 0 Å². The van der Waals surface area contributed by atoms with Crippen molar-refractivity contribution in [2.75, 3.05) is 23.7 Å². The highest BCUT2D eigenvalue weighted by molar-refractivity contribution is 9.10. The van der Waals surface area contributed by atoms with Crippen LogP contribution in [-0.4, -0.2) is 33.7 Å². The van der Waals surface area contributed by atoms with Gasteiger partial charge in [0.05, 0.1) is 11.9 Å². The first-order chi connectivity index (χ1) is 11.8. The summed E-state index contributed by atoms with van der Waals surface area (Å²) in [6.45, 7) is 2.20. The number of carbonyl (C=O) groups is 1. The number of hydrogen-bond donors (Lipinski definition) is 1. The summed E-state index contributed by atoms with van der Waals surface area (Å²) in [5, 5.41) is 2.81. The van der Waals surface area contributed by atoms with E-state index in [4.69, 9.17) is 0 Å². The first-order valence-electron chi connectivity index (χ1n) is 7.82. The van der Waals surface area contributed by atoms with E-state index in [9.17, 15) is 13.2 Å². The van der Waals surface area contributed by atoms with Crippen molar-refractivity contribution in [3.8, 4) is 0 Å². The third kappa shape index (κ3) is 5.86. The Morgan fingerprint density at radius 2 is 1.84 bits per heavy atom. The van der Waals surface area contributed by atoms with Gasteiger partial charge < -0.3 is 5.32 Å². The summed E-state index contributed by atoms with van der Waals surface area (Å²) in [4.78, 5) is 12.3. The van der Waals surface area contributed by atoms with Crippen LogP contribution in [0.4, 0.5) is 5.69 Å². The Kier molecular flexibility index (Phi) is 6.61. The van der Waals surface area contributed by atoms with Crippen LogP contribution in [-0.2, 0) is 14.8 Å². The molecule has 0 saturated heterocycles. The summed E-state index contributed by atoms with van der Waals surface area (Å²) >= 11 is 3.32. The highest BCUT2D eigenvalue weighted by atomic mass is 79.9. The maximum Gasteiger partial charge on any atom is 0.240 e. The fraction of sp³-hybridized carbons (Fsp3) is 0.278. The molecule has 0 aliphatic carbocycles. The van der Waals surface area contributed by atoms with E-state index in [2.05, 4.69) is 21.2 Å². The maximum absolute atomic E-state index is 12.3. The number of halogens is 1. The third-order valence-corrected chi connectivity index (χ3v) is 5.39. The first-order valence-corrected chi connectivity index (χ1v) is 10.5. The molecule has 1 atom stereocenters. The van der Waals surface area contributed by atoms with Crippen molar-refractivity contribution in [2.45, 2.75) is 12.8 Å². The number of rotatable bonds is 7. The van der Waals surface area contributed by atoms with E-state index in [-0.39, 0.29) is 18.4 Å². The number of amides is 1. The van der Waals surface area contributed by atoms with Gasteiger partial charge in [0, 0.05) is 11.0 Å². The Hall–Kier alpha value is -1.86. The largest absolute Gasteiger partial charge is 0.354 e. The van der Waals surface area contributed by atoms with Crippen molar-refractivity contribution in [2.24, 2.45) is 0 Å². The number of sulfonamides is 1. The molecule has 134 valence electrons. The van der Waals surface area contributed by atoms with Crippen LogP contribution in [0.15, 0.2) is 59.1 Å². The summed E-state index contributed by atoms with van der Waals surface area (Å²) in [5.74, 6) is -0.198. The molecule has 1 amide bonds. The standard InChI is InChI=1S/C18H21BrN2O3S/c1-14(15-7-4-3-5-8-15)12-20-18(22)13-21(25(2,23)24)17-10-6-9-16(19)11-17/h3-11,14H,12-13H2,1-2H3,(H,20,22)/t14-/m1/s1. The summed E-state index contributed by atoms with van der Waals surface area (Å²) in [7, 11) is -3.57. The zero-order chi connectivity index (χ0) is 18.4. The molecule has 25 heavy (non-hydrogen) atoms. The molecule has 0 fully saturated rings. The molecule has 2 rings (SSSR count). The highest BCUT2D eigenvalue weighted by Gasteiger charge is 2.21. The number of hydrogen-bond acceptors (Lipinski definition) is 3. The van der Waals surface area contributed by atoms with E-state index in [1.54, 1.807) is 24.3 Å². The lowest BCUT2D eigenvalue weighted by atomic mass is 10.0. The Morgan fingerprint density at radius 3 is 2.44 bits per heavy atom. The minimum atomic E-state index is -3.57. The van der Waals surface area contributed by atoms with Gasteiger partial charge in [-0.25, -0.2) is 8.42 Å². The van der Waals surface area contributed by atoms with Crippen molar-refractivity contribution >= 4 is 37.5 Å². The Balaban J connectivity index is 2.03. The third-order valence-electron chi connectivity index (χ3n) is 3.76. The minimum Gasteiger partial charge on any atom is -0.354 e. The van der Waals surface area contributed by atoms with Crippen LogP contribution >= 0.6 is 15.9 Å².